The van der Waals surface area contributed by atoms with Gasteiger partial charge in [-0.2, -0.15) is 13.2 Å². The van der Waals surface area contributed by atoms with E-state index in [-0.39, 0.29) is 29.5 Å². The number of nitrogens with two attached hydrogens (primary N) is 1. The molecule has 0 spiro atoms. The first-order valence-electron chi connectivity index (χ1n) is 10.1. The summed E-state index contributed by atoms with van der Waals surface area (Å²) >= 11 is 6.85. The van der Waals surface area contributed by atoms with E-state index < -0.39 is 17.3 Å². The lowest BCUT2D eigenvalue weighted by atomic mass is 10.1. The van der Waals surface area contributed by atoms with Crippen molar-refractivity contribution in [3.63, 3.8) is 0 Å². The summed E-state index contributed by atoms with van der Waals surface area (Å²) in [5.74, 6) is 0.415. The van der Waals surface area contributed by atoms with Crippen LogP contribution in [-0.2, 0) is 11.7 Å². The number of aliphatic hydroxyl groups is 1. The number of aliphatic hydroxyl groups excluding tert-OH is 1. The van der Waals surface area contributed by atoms with Crippen molar-refractivity contribution in [1.29, 1.82) is 0 Å². The van der Waals surface area contributed by atoms with Crippen molar-refractivity contribution in [3.8, 4) is 22.1 Å². The Balaban J connectivity index is 1.61. The summed E-state index contributed by atoms with van der Waals surface area (Å²) in [7, 11) is 0. The lowest BCUT2D eigenvalue weighted by Crippen LogP contribution is -2.36. The standard InChI is InChI=1S/C22H23ClF3N3O3S/c1-21(27,13-30)20-29-28-19(33-20)14-4-9-18(17(12-14)22(24,25)26)32-11-3-2-10-31-16-7-5-15(23)6-8-16/h4-9,12,30H,2-3,10-11,13,27H2,1H3/t21-/m0/s1. The molecule has 1 heterocycles. The molecular weight excluding hydrogens is 479 g/mol. The molecule has 0 amide bonds. The van der Waals surface area contributed by atoms with Gasteiger partial charge in [-0.15, -0.1) is 10.2 Å². The molecule has 6 nitrogen and oxygen atoms in total. The number of aromatic nitrogens is 2. The average Bonchev–Trinajstić information content (AvgIpc) is 3.28. The van der Waals surface area contributed by atoms with Gasteiger partial charge in [0.15, 0.2) is 0 Å². The van der Waals surface area contributed by atoms with E-state index in [1.54, 1.807) is 31.2 Å². The minimum atomic E-state index is -4.61. The summed E-state index contributed by atoms with van der Waals surface area (Å²) in [4.78, 5) is 0. The van der Waals surface area contributed by atoms with Crippen LogP contribution in [0.5, 0.6) is 11.5 Å². The van der Waals surface area contributed by atoms with Crippen LogP contribution in [0.2, 0.25) is 5.02 Å². The van der Waals surface area contributed by atoms with E-state index in [1.165, 1.54) is 12.1 Å². The Kier molecular flexibility index (Phi) is 8.17. The van der Waals surface area contributed by atoms with Crippen molar-refractivity contribution >= 4 is 22.9 Å². The van der Waals surface area contributed by atoms with E-state index >= 15 is 0 Å². The van der Waals surface area contributed by atoms with Crippen LogP contribution in [0, 0.1) is 0 Å². The molecule has 2 aromatic carbocycles. The van der Waals surface area contributed by atoms with Gasteiger partial charge in [0.05, 0.1) is 30.9 Å². The molecule has 0 radical (unpaired) electrons. The summed E-state index contributed by atoms with van der Waals surface area (Å²) in [5, 5.41) is 18.4. The number of unbranched alkanes of at least 4 members (excludes halogenated alkanes) is 1. The highest BCUT2D eigenvalue weighted by molar-refractivity contribution is 7.14. The molecule has 3 N–H and O–H groups in total. The summed E-state index contributed by atoms with van der Waals surface area (Å²) in [5.41, 5.74) is 4.15. The van der Waals surface area contributed by atoms with E-state index in [4.69, 9.17) is 26.8 Å². The molecule has 0 aliphatic heterocycles. The molecule has 0 saturated heterocycles. The van der Waals surface area contributed by atoms with E-state index in [1.807, 2.05) is 0 Å². The molecule has 0 aliphatic rings. The third-order valence-corrected chi connectivity index (χ3v) is 6.16. The zero-order chi connectivity index (χ0) is 24.1. The van der Waals surface area contributed by atoms with Gasteiger partial charge in [0.2, 0.25) is 0 Å². The van der Waals surface area contributed by atoms with Crippen LogP contribution < -0.4 is 15.2 Å². The van der Waals surface area contributed by atoms with Crippen molar-refractivity contribution in [2.45, 2.75) is 31.5 Å². The third kappa shape index (κ3) is 6.80. The zero-order valence-corrected chi connectivity index (χ0v) is 19.3. The van der Waals surface area contributed by atoms with Crippen molar-refractivity contribution in [1.82, 2.24) is 10.2 Å². The normalized spacial score (nSPS) is 13.5. The topological polar surface area (TPSA) is 90.5 Å². The highest BCUT2D eigenvalue weighted by Gasteiger charge is 2.35. The quantitative estimate of drug-likeness (QED) is 0.367. The SMILES string of the molecule is C[C@](N)(CO)c1nnc(-c2ccc(OCCCCOc3ccc(Cl)cc3)c(C(F)(F)F)c2)s1. The second-order valence-corrected chi connectivity index (χ2v) is 8.97. The number of halogens is 4. The van der Waals surface area contributed by atoms with E-state index in [0.717, 1.165) is 17.4 Å². The molecule has 33 heavy (non-hydrogen) atoms. The van der Waals surface area contributed by atoms with Crippen molar-refractivity contribution < 1.29 is 27.8 Å². The van der Waals surface area contributed by atoms with Gasteiger partial charge in [0.1, 0.15) is 21.5 Å². The first-order valence-corrected chi connectivity index (χ1v) is 11.3. The maximum Gasteiger partial charge on any atom is 0.419 e. The predicted molar refractivity (Wildman–Crippen MR) is 121 cm³/mol. The van der Waals surface area contributed by atoms with Crippen LogP contribution >= 0.6 is 22.9 Å². The largest absolute Gasteiger partial charge is 0.494 e. The Bertz CT molecular complexity index is 1060. The molecule has 3 aromatic rings. The van der Waals surface area contributed by atoms with Crippen LogP contribution in [0.15, 0.2) is 42.5 Å². The molecule has 0 saturated carbocycles. The number of rotatable bonds is 10. The molecule has 11 heteroatoms. The van der Waals surface area contributed by atoms with Gasteiger partial charge in [0.25, 0.3) is 0 Å². The molecule has 1 atom stereocenters. The summed E-state index contributed by atoms with van der Waals surface area (Å²) in [6.07, 6.45) is -3.48. The van der Waals surface area contributed by atoms with Crippen LogP contribution in [0.1, 0.15) is 30.3 Å². The Morgan fingerprint density at radius 1 is 1.03 bits per heavy atom. The Morgan fingerprint density at radius 2 is 1.70 bits per heavy atom. The molecule has 3 rings (SSSR count). The summed E-state index contributed by atoms with van der Waals surface area (Å²) in [6.45, 7) is 1.71. The third-order valence-electron chi connectivity index (χ3n) is 4.65. The molecule has 0 aliphatic carbocycles. The minimum absolute atomic E-state index is 0.109. The van der Waals surface area contributed by atoms with Gasteiger partial charge < -0.3 is 20.3 Å². The van der Waals surface area contributed by atoms with E-state index in [9.17, 15) is 18.3 Å². The first-order chi connectivity index (χ1) is 15.6. The summed E-state index contributed by atoms with van der Waals surface area (Å²) < 4.78 is 51.9. The first kappa shape index (κ1) is 25.2. The maximum absolute atomic E-state index is 13.6. The number of alkyl halides is 3. The number of hydrogen-bond acceptors (Lipinski definition) is 7. The molecule has 0 bridgehead atoms. The van der Waals surface area contributed by atoms with Crippen LogP contribution in [0.25, 0.3) is 10.6 Å². The van der Waals surface area contributed by atoms with Crippen LogP contribution in [0.4, 0.5) is 13.2 Å². The molecule has 0 unspecified atom stereocenters. The number of ether oxygens (including phenoxy) is 2. The van der Waals surface area contributed by atoms with Crippen LogP contribution in [-0.4, -0.2) is 35.1 Å². The Morgan fingerprint density at radius 3 is 2.33 bits per heavy atom. The van der Waals surface area contributed by atoms with Gasteiger partial charge in [-0.25, -0.2) is 0 Å². The van der Waals surface area contributed by atoms with Gasteiger partial charge >= 0.3 is 6.18 Å². The van der Waals surface area contributed by atoms with E-state index in [2.05, 4.69) is 10.2 Å². The van der Waals surface area contributed by atoms with Crippen molar-refractivity contribution in [2.75, 3.05) is 19.8 Å². The lowest BCUT2D eigenvalue weighted by molar-refractivity contribution is -0.138. The predicted octanol–water partition coefficient (Wildman–Crippen LogP) is 5.28. The smallest absolute Gasteiger partial charge is 0.419 e. The number of hydrogen-bond donors (Lipinski definition) is 2. The molecule has 1 aromatic heterocycles. The number of nitrogens with zero attached hydrogens (tertiary/aromatic N) is 2. The van der Waals surface area contributed by atoms with Gasteiger partial charge in [-0.3, -0.25) is 0 Å². The fraction of sp³-hybridized carbons (Fsp3) is 0.364. The highest BCUT2D eigenvalue weighted by atomic mass is 35.5. The van der Waals surface area contributed by atoms with Crippen molar-refractivity contribution in [3.05, 3.63) is 58.1 Å². The fourth-order valence-corrected chi connectivity index (χ4v) is 3.77. The van der Waals surface area contributed by atoms with E-state index in [0.29, 0.717) is 35.2 Å². The second-order valence-electron chi connectivity index (χ2n) is 7.55. The average molecular weight is 502 g/mol. The molecular formula is C22H23ClF3N3O3S. The molecule has 178 valence electrons. The lowest BCUT2D eigenvalue weighted by Gasteiger charge is -2.17. The molecule has 0 fully saturated rings. The van der Waals surface area contributed by atoms with Gasteiger partial charge in [-0.1, -0.05) is 22.9 Å². The highest BCUT2D eigenvalue weighted by Crippen LogP contribution is 2.39. The number of benzene rings is 2. The maximum atomic E-state index is 13.6. The second kappa shape index (κ2) is 10.7. The Hall–Kier alpha value is -2.40. The van der Waals surface area contributed by atoms with Gasteiger partial charge in [0, 0.05) is 10.6 Å². The minimum Gasteiger partial charge on any atom is -0.494 e. The van der Waals surface area contributed by atoms with Crippen molar-refractivity contribution in [2.24, 2.45) is 5.73 Å². The van der Waals surface area contributed by atoms with Gasteiger partial charge in [-0.05, 0) is 62.2 Å². The Labute approximate surface area is 198 Å². The monoisotopic (exact) mass is 501 g/mol. The fourth-order valence-electron chi connectivity index (χ4n) is 2.76. The summed E-state index contributed by atoms with van der Waals surface area (Å²) in [6, 6.07) is 10.7. The zero-order valence-electron chi connectivity index (χ0n) is 17.7. The van der Waals surface area contributed by atoms with Crippen LogP contribution in [0.3, 0.4) is 0 Å².